The SMILES string of the molecule is CCCN1C2=CC3=C(OC2(C)c2ccccc21)C(=C(C#N)C#N)C3=O. The average molecular weight is 329 g/mol. The zero-order valence-corrected chi connectivity index (χ0v) is 14.0. The third-order valence-corrected chi connectivity index (χ3v) is 4.94. The fraction of sp³-hybridized carbons (Fsp3) is 0.250. The van der Waals surface area contributed by atoms with E-state index in [1.165, 1.54) is 0 Å². The summed E-state index contributed by atoms with van der Waals surface area (Å²) in [6, 6.07) is 11.6. The predicted octanol–water partition coefficient (Wildman–Crippen LogP) is 3.23. The number of fused-ring (bicyclic) bond motifs is 3. The molecule has 0 N–H and O–H groups in total. The highest BCUT2D eigenvalue weighted by Gasteiger charge is 2.53. The van der Waals surface area contributed by atoms with Crippen LogP contribution in [-0.4, -0.2) is 12.3 Å². The first kappa shape index (κ1) is 15.2. The maximum atomic E-state index is 12.4. The lowest BCUT2D eigenvalue weighted by Crippen LogP contribution is -2.39. The molecule has 4 rings (SSSR count). The Labute approximate surface area is 145 Å². The van der Waals surface area contributed by atoms with Gasteiger partial charge in [0.15, 0.2) is 5.60 Å². The van der Waals surface area contributed by atoms with E-state index in [0.717, 1.165) is 29.9 Å². The van der Waals surface area contributed by atoms with Gasteiger partial charge in [0.2, 0.25) is 5.78 Å². The van der Waals surface area contributed by atoms with Gasteiger partial charge in [-0.15, -0.1) is 0 Å². The molecule has 0 spiro atoms. The molecule has 122 valence electrons. The minimum absolute atomic E-state index is 0.1000. The highest BCUT2D eigenvalue weighted by atomic mass is 16.5. The van der Waals surface area contributed by atoms with Gasteiger partial charge in [0, 0.05) is 17.8 Å². The van der Waals surface area contributed by atoms with Crippen LogP contribution in [0.2, 0.25) is 0 Å². The third kappa shape index (κ3) is 1.78. The zero-order chi connectivity index (χ0) is 17.8. The summed E-state index contributed by atoms with van der Waals surface area (Å²) in [4.78, 5) is 14.6. The number of nitrogens with zero attached hydrogens (tertiary/aromatic N) is 3. The molecule has 1 atom stereocenters. The quantitative estimate of drug-likeness (QED) is 0.615. The molecule has 0 amide bonds. The summed E-state index contributed by atoms with van der Waals surface area (Å²) >= 11 is 0. The number of carbonyl (C=O) groups excluding carboxylic acids is 1. The highest BCUT2D eigenvalue weighted by Crippen LogP contribution is 2.55. The van der Waals surface area contributed by atoms with Crippen molar-refractivity contribution in [3.05, 3.63) is 64.1 Å². The Morgan fingerprint density at radius 3 is 2.68 bits per heavy atom. The predicted molar refractivity (Wildman–Crippen MR) is 90.9 cm³/mol. The molecule has 5 nitrogen and oxygen atoms in total. The summed E-state index contributed by atoms with van der Waals surface area (Å²) in [6.07, 6.45) is 2.81. The number of ether oxygens (including phenoxy) is 1. The standard InChI is InChI=1S/C20H15N3O2/c1-3-8-23-15-7-5-4-6-14(15)20(2)16(23)9-13-18(24)17(19(13)25-20)12(10-21)11-22/h4-7,9H,3,8H2,1-2H3. The summed E-state index contributed by atoms with van der Waals surface area (Å²) in [6.45, 7) is 4.90. The number of Topliss-reactive ketones (excluding diaryl/α,β-unsaturated/α-hetero) is 1. The van der Waals surface area contributed by atoms with Crippen LogP contribution in [0.1, 0.15) is 25.8 Å². The second-order valence-electron chi connectivity index (χ2n) is 6.38. The van der Waals surface area contributed by atoms with E-state index in [9.17, 15) is 4.79 Å². The second kappa shape index (κ2) is 5.09. The lowest BCUT2D eigenvalue weighted by atomic mass is 9.80. The Bertz CT molecular complexity index is 985. The minimum Gasteiger partial charge on any atom is -0.475 e. The minimum atomic E-state index is -0.730. The van der Waals surface area contributed by atoms with E-state index < -0.39 is 5.60 Å². The molecule has 3 aliphatic rings. The molecule has 1 aromatic carbocycles. The van der Waals surface area contributed by atoms with Gasteiger partial charge in [-0.2, -0.15) is 10.5 Å². The summed E-state index contributed by atoms with van der Waals surface area (Å²) in [5.41, 5.74) is 2.64. The first-order valence-electron chi connectivity index (χ1n) is 8.18. The molecule has 2 aliphatic heterocycles. The van der Waals surface area contributed by atoms with Gasteiger partial charge < -0.3 is 9.64 Å². The van der Waals surface area contributed by atoms with Crippen LogP contribution in [0.4, 0.5) is 5.69 Å². The van der Waals surface area contributed by atoms with Gasteiger partial charge in [-0.1, -0.05) is 25.1 Å². The van der Waals surface area contributed by atoms with Gasteiger partial charge in [-0.25, -0.2) is 0 Å². The molecular formula is C20H15N3O2. The molecule has 0 aromatic heterocycles. The molecule has 5 heteroatoms. The van der Waals surface area contributed by atoms with E-state index in [-0.39, 0.29) is 16.9 Å². The van der Waals surface area contributed by atoms with Gasteiger partial charge >= 0.3 is 0 Å². The third-order valence-electron chi connectivity index (χ3n) is 4.94. The van der Waals surface area contributed by atoms with Gasteiger partial charge in [0.05, 0.1) is 16.8 Å². The molecular weight excluding hydrogens is 314 g/mol. The second-order valence-corrected chi connectivity index (χ2v) is 6.38. The van der Waals surface area contributed by atoms with Crippen LogP contribution < -0.4 is 4.90 Å². The van der Waals surface area contributed by atoms with Gasteiger partial charge in [0.25, 0.3) is 0 Å². The number of anilines is 1. The van der Waals surface area contributed by atoms with Crippen molar-refractivity contribution in [2.75, 3.05) is 11.4 Å². The topological polar surface area (TPSA) is 77.1 Å². The number of carbonyl (C=O) groups is 1. The fourth-order valence-electron chi connectivity index (χ4n) is 3.78. The molecule has 0 radical (unpaired) electrons. The molecule has 25 heavy (non-hydrogen) atoms. The fourth-order valence-corrected chi connectivity index (χ4v) is 3.78. The Kier molecular flexibility index (Phi) is 3.10. The number of hydrogen-bond donors (Lipinski definition) is 0. The first-order valence-corrected chi connectivity index (χ1v) is 8.18. The Hall–Kier alpha value is -3.31. The number of hydrogen-bond acceptors (Lipinski definition) is 5. The van der Waals surface area contributed by atoms with Gasteiger partial charge in [0.1, 0.15) is 23.5 Å². The molecule has 0 bridgehead atoms. The van der Waals surface area contributed by atoms with Crippen molar-refractivity contribution in [1.82, 2.24) is 0 Å². The Morgan fingerprint density at radius 2 is 2.00 bits per heavy atom. The number of allylic oxidation sites excluding steroid dienone is 4. The Morgan fingerprint density at radius 1 is 1.28 bits per heavy atom. The first-order chi connectivity index (χ1) is 12.1. The lowest BCUT2D eigenvalue weighted by Gasteiger charge is -2.39. The molecule has 0 saturated carbocycles. The summed E-state index contributed by atoms with van der Waals surface area (Å²) < 4.78 is 6.26. The van der Waals surface area contributed by atoms with E-state index in [2.05, 4.69) is 11.8 Å². The van der Waals surface area contributed by atoms with Crippen molar-refractivity contribution in [2.24, 2.45) is 0 Å². The van der Waals surface area contributed by atoms with Gasteiger partial charge in [-0.05, 0) is 25.5 Å². The number of benzene rings is 1. The van der Waals surface area contributed by atoms with Crippen molar-refractivity contribution in [3.63, 3.8) is 0 Å². The van der Waals surface area contributed by atoms with E-state index in [1.807, 2.05) is 37.3 Å². The molecule has 1 unspecified atom stereocenters. The largest absolute Gasteiger partial charge is 0.475 e. The molecule has 2 heterocycles. The van der Waals surface area contributed by atoms with E-state index >= 15 is 0 Å². The summed E-state index contributed by atoms with van der Waals surface area (Å²) in [7, 11) is 0. The number of ketones is 1. The highest BCUT2D eigenvalue weighted by molar-refractivity contribution is 6.22. The summed E-state index contributed by atoms with van der Waals surface area (Å²) in [5, 5.41) is 18.2. The zero-order valence-electron chi connectivity index (χ0n) is 14.0. The lowest BCUT2D eigenvalue weighted by molar-refractivity contribution is -0.115. The molecule has 1 aliphatic carbocycles. The van der Waals surface area contributed by atoms with Crippen molar-refractivity contribution in [1.29, 1.82) is 10.5 Å². The van der Waals surface area contributed by atoms with Crippen LogP contribution in [0.15, 0.2) is 58.5 Å². The van der Waals surface area contributed by atoms with Crippen LogP contribution in [0.3, 0.4) is 0 Å². The van der Waals surface area contributed by atoms with E-state index in [0.29, 0.717) is 11.3 Å². The maximum Gasteiger partial charge on any atom is 0.202 e. The average Bonchev–Trinajstić information content (AvgIpc) is 2.87. The molecule has 0 fully saturated rings. The van der Waals surface area contributed by atoms with Crippen molar-refractivity contribution < 1.29 is 9.53 Å². The number of rotatable bonds is 2. The maximum absolute atomic E-state index is 12.4. The van der Waals surface area contributed by atoms with Crippen LogP contribution in [0, 0.1) is 22.7 Å². The molecule has 0 saturated heterocycles. The number of para-hydroxylation sites is 1. The molecule has 1 aromatic rings. The van der Waals surface area contributed by atoms with Crippen LogP contribution in [0.5, 0.6) is 0 Å². The van der Waals surface area contributed by atoms with Crippen molar-refractivity contribution in [3.8, 4) is 12.1 Å². The van der Waals surface area contributed by atoms with E-state index in [4.69, 9.17) is 15.3 Å². The van der Waals surface area contributed by atoms with Crippen LogP contribution in [-0.2, 0) is 15.1 Å². The van der Waals surface area contributed by atoms with Crippen molar-refractivity contribution in [2.45, 2.75) is 25.9 Å². The number of nitriles is 2. The Balaban J connectivity index is 1.91. The normalized spacial score (nSPS) is 22.7. The monoisotopic (exact) mass is 329 g/mol. The summed E-state index contributed by atoms with van der Waals surface area (Å²) in [5.74, 6) is 0.0672. The van der Waals surface area contributed by atoms with E-state index in [1.54, 1.807) is 12.1 Å². The smallest absolute Gasteiger partial charge is 0.202 e. The van der Waals surface area contributed by atoms with Gasteiger partial charge in [-0.3, -0.25) is 4.79 Å². The van der Waals surface area contributed by atoms with Crippen molar-refractivity contribution >= 4 is 11.5 Å². The van der Waals surface area contributed by atoms with Crippen LogP contribution >= 0.6 is 0 Å². The van der Waals surface area contributed by atoms with Crippen LogP contribution in [0.25, 0.3) is 0 Å².